The Kier molecular flexibility index (Phi) is 5.62. The van der Waals surface area contributed by atoms with Crippen LogP contribution in [0.15, 0.2) is 33.6 Å². The lowest BCUT2D eigenvalue weighted by Crippen LogP contribution is -2.31. The minimum Gasteiger partial charge on any atom is -0.315 e. The van der Waals surface area contributed by atoms with Crippen molar-refractivity contribution in [3.63, 3.8) is 0 Å². The van der Waals surface area contributed by atoms with Crippen LogP contribution in [0, 0.1) is 0 Å². The van der Waals surface area contributed by atoms with Gasteiger partial charge in [-0.2, -0.15) is 0 Å². The molecule has 3 nitrogen and oxygen atoms in total. The lowest BCUT2D eigenvalue weighted by Gasteiger charge is -2.13. The van der Waals surface area contributed by atoms with Gasteiger partial charge in [-0.1, -0.05) is 22.9 Å². The van der Waals surface area contributed by atoms with Crippen molar-refractivity contribution in [2.75, 3.05) is 13.1 Å². The van der Waals surface area contributed by atoms with Crippen LogP contribution in [0.4, 0.5) is 0 Å². The van der Waals surface area contributed by atoms with Crippen LogP contribution in [0.5, 0.6) is 0 Å². The van der Waals surface area contributed by atoms with Crippen LogP contribution in [0.1, 0.15) is 20.3 Å². The predicted octanol–water partition coefficient (Wildman–Crippen LogP) is 2.61. The summed E-state index contributed by atoms with van der Waals surface area (Å²) in [6.45, 7) is 5.13. The molecule has 0 aromatic heterocycles. The molecule has 0 fully saturated rings. The maximum Gasteiger partial charge on any atom is 0.182 e. The SMILES string of the molecule is CCCNCC(C)S(=O)(=O)c1ccc(Br)cc1. The molecule has 1 aromatic carbocycles. The Bertz CT molecular complexity index is 442. The lowest BCUT2D eigenvalue weighted by molar-refractivity contribution is 0.571. The maximum absolute atomic E-state index is 12.2. The van der Waals surface area contributed by atoms with Crippen molar-refractivity contribution in [3.05, 3.63) is 28.7 Å². The summed E-state index contributed by atoms with van der Waals surface area (Å²) >= 11 is 3.29. The summed E-state index contributed by atoms with van der Waals surface area (Å²) in [7, 11) is -3.22. The molecule has 0 bridgehead atoms. The first-order chi connectivity index (χ1) is 7.98. The number of sulfone groups is 1. The van der Waals surface area contributed by atoms with Gasteiger partial charge in [0.25, 0.3) is 0 Å². The van der Waals surface area contributed by atoms with Crippen LogP contribution in [-0.2, 0) is 9.84 Å². The smallest absolute Gasteiger partial charge is 0.182 e. The third kappa shape index (κ3) is 4.08. The van der Waals surface area contributed by atoms with E-state index in [9.17, 15) is 8.42 Å². The fourth-order valence-electron chi connectivity index (χ4n) is 1.45. The third-order valence-corrected chi connectivity index (χ3v) is 5.21. The minimum atomic E-state index is -3.22. The van der Waals surface area contributed by atoms with Crippen molar-refractivity contribution >= 4 is 25.8 Å². The fourth-order valence-corrected chi connectivity index (χ4v) is 3.03. The van der Waals surface area contributed by atoms with Crippen LogP contribution < -0.4 is 5.32 Å². The summed E-state index contributed by atoms with van der Waals surface area (Å²) in [5.74, 6) is 0. The zero-order valence-corrected chi connectivity index (χ0v) is 12.5. The van der Waals surface area contributed by atoms with Crippen molar-refractivity contribution in [1.29, 1.82) is 0 Å². The predicted molar refractivity (Wildman–Crippen MR) is 74.0 cm³/mol. The molecule has 96 valence electrons. The molecule has 0 saturated heterocycles. The number of nitrogens with one attached hydrogen (secondary N) is 1. The van der Waals surface area contributed by atoms with Gasteiger partial charge >= 0.3 is 0 Å². The second-order valence-electron chi connectivity index (χ2n) is 4.01. The van der Waals surface area contributed by atoms with Gasteiger partial charge in [0.1, 0.15) is 0 Å². The Balaban J connectivity index is 2.76. The highest BCUT2D eigenvalue weighted by molar-refractivity contribution is 9.10. The molecule has 1 atom stereocenters. The molecule has 1 unspecified atom stereocenters. The molecule has 0 radical (unpaired) electrons. The zero-order valence-electron chi connectivity index (χ0n) is 10.1. The van der Waals surface area contributed by atoms with Gasteiger partial charge in [0, 0.05) is 11.0 Å². The van der Waals surface area contributed by atoms with E-state index in [2.05, 4.69) is 28.2 Å². The van der Waals surface area contributed by atoms with Crippen LogP contribution in [0.3, 0.4) is 0 Å². The highest BCUT2D eigenvalue weighted by Crippen LogP contribution is 2.18. The Morgan fingerprint density at radius 1 is 1.29 bits per heavy atom. The van der Waals surface area contributed by atoms with Gasteiger partial charge in [-0.25, -0.2) is 8.42 Å². The fraction of sp³-hybridized carbons (Fsp3) is 0.500. The first-order valence-electron chi connectivity index (χ1n) is 5.68. The van der Waals surface area contributed by atoms with E-state index in [0.717, 1.165) is 17.4 Å². The number of halogens is 1. The van der Waals surface area contributed by atoms with Crippen molar-refractivity contribution in [1.82, 2.24) is 5.32 Å². The van der Waals surface area contributed by atoms with Crippen molar-refractivity contribution in [2.24, 2.45) is 0 Å². The summed E-state index contributed by atoms with van der Waals surface area (Å²) in [5.41, 5.74) is 0. The van der Waals surface area contributed by atoms with Gasteiger partial charge < -0.3 is 5.32 Å². The summed E-state index contributed by atoms with van der Waals surface area (Å²) in [6.07, 6.45) is 1.01. The molecular formula is C12H18BrNO2S. The maximum atomic E-state index is 12.2. The zero-order chi connectivity index (χ0) is 12.9. The Morgan fingerprint density at radius 3 is 2.41 bits per heavy atom. The minimum absolute atomic E-state index is 0.381. The van der Waals surface area contributed by atoms with Crippen LogP contribution in [0.2, 0.25) is 0 Å². The van der Waals surface area contributed by atoms with Crippen molar-refractivity contribution in [3.8, 4) is 0 Å². The normalized spacial score (nSPS) is 13.6. The standard InChI is InChI=1S/C12H18BrNO2S/c1-3-8-14-9-10(2)17(15,16)12-6-4-11(13)5-7-12/h4-7,10,14H,3,8-9H2,1-2H3. The topological polar surface area (TPSA) is 46.2 Å². The molecule has 0 heterocycles. The first kappa shape index (κ1) is 14.7. The third-order valence-electron chi connectivity index (χ3n) is 2.53. The van der Waals surface area contributed by atoms with E-state index >= 15 is 0 Å². The number of hydrogen-bond donors (Lipinski definition) is 1. The number of benzene rings is 1. The Hall–Kier alpha value is -0.390. The van der Waals surface area contributed by atoms with E-state index in [4.69, 9.17) is 0 Å². The molecule has 0 saturated carbocycles. The average Bonchev–Trinajstić information content (AvgIpc) is 2.29. The molecule has 0 amide bonds. The highest BCUT2D eigenvalue weighted by atomic mass is 79.9. The molecular weight excluding hydrogens is 302 g/mol. The van der Waals surface area contributed by atoms with E-state index in [0.29, 0.717) is 11.4 Å². The van der Waals surface area contributed by atoms with E-state index in [1.165, 1.54) is 0 Å². The highest BCUT2D eigenvalue weighted by Gasteiger charge is 2.22. The molecule has 17 heavy (non-hydrogen) atoms. The van der Waals surface area contributed by atoms with Gasteiger partial charge in [-0.3, -0.25) is 0 Å². The summed E-state index contributed by atoms with van der Waals surface area (Å²) in [5, 5.41) is 2.73. The molecule has 1 N–H and O–H groups in total. The van der Waals surface area contributed by atoms with E-state index in [-0.39, 0.29) is 0 Å². The quantitative estimate of drug-likeness (QED) is 0.820. The van der Waals surface area contributed by atoms with Crippen LogP contribution in [-0.4, -0.2) is 26.8 Å². The van der Waals surface area contributed by atoms with Crippen LogP contribution >= 0.6 is 15.9 Å². The van der Waals surface area contributed by atoms with Crippen molar-refractivity contribution in [2.45, 2.75) is 30.4 Å². The molecule has 1 aromatic rings. The second kappa shape index (κ2) is 6.52. The van der Waals surface area contributed by atoms with Gasteiger partial charge in [0.15, 0.2) is 9.84 Å². The van der Waals surface area contributed by atoms with Gasteiger partial charge in [0.2, 0.25) is 0 Å². The molecule has 5 heteroatoms. The monoisotopic (exact) mass is 319 g/mol. The summed E-state index contributed by atoms with van der Waals surface area (Å²) in [6, 6.07) is 6.77. The van der Waals surface area contributed by atoms with E-state index < -0.39 is 15.1 Å². The van der Waals surface area contributed by atoms with E-state index in [1.807, 2.05) is 0 Å². The molecule has 1 rings (SSSR count). The molecule has 0 spiro atoms. The van der Waals surface area contributed by atoms with Gasteiger partial charge in [-0.05, 0) is 44.2 Å². The largest absolute Gasteiger partial charge is 0.315 e. The van der Waals surface area contributed by atoms with Gasteiger partial charge in [0.05, 0.1) is 10.1 Å². The first-order valence-corrected chi connectivity index (χ1v) is 8.02. The summed E-state index contributed by atoms with van der Waals surface area (Å²) < 4.78 is 25.2. The lowest BCUT2D eigenvalue weighted by atomic mass is 10.4. The van der Waals surface area contributed by atoms with Gasteiger partial charge in [-0.15, -0.1) is 0 Å². The van der Waals surface area contributed by atoms with E-state index in [1.54, 1.807) is 31.2 Å². The van der Waals surface area contributed by atoms with Crippen molar-refractivity contribution < 1.29 is 8.42 Å². The Morgan fingerprint density at radius 2 is 1.88 bits per heavy atom. The average molecular weight is 320 g/mol. The van der Waals surface area contributed by atoms with Crippen LogP contribution in [0.25, 0.3) is 0 Å². The molecule has 0 aliphatic heterocycles. The summed E-state index contributed by atoms with van der Waals surface area (Å²) in [4.78, 5) is 0.381. The number of hydrogen-bond acceptors (Lipinski definition) is 3. The Labute approximate surface area is 112 Å². The molecule has 0 aliphatic rings. The molecule has 0 aliphatic carbocycles. The number of rotatable bonds is 6. The second-order valence-corrected chi connectivity index (χ2v) is 7.30.